The fourth-order valence-electron chi connectivity index (χ4n) is 3.29. The van der Waals surface area contributed by atoms with E-state index in [1.54, 1.807) is 44.5 Å². The first kappa shape index (κ1) is 22.7. The Morgan fingerprint density at radius 2 is 2.13 bits per heavy atom. The lowest BCUT2D eigenvalue weighted by Crippen LogP contribution is -2.54. The van der Waals surface area contributed by atoms with Gasteiger partial charge in [-0.3, -0.25) is 20.0 Å². The van der Waals surface area contributed by atoms with Gasteiger partial charge in [0.15, 0.2) is 0 Å². The maximum atomic E-state index is 13.0. The molecule has 0 radical (unpaired) electrons. The first-order chi connectivity index (χ1) is 14.7. The van der Waals surface area contributed by atoms with Crippen LogP contribution in [-0.4, -0.2) is 51.1 Å². The molecular formula is C21H27N5O4S. The van der Waals surface area contributed by atoms with Crippen molar-refractivity contribution in [3.05, 3.63) is 46.2 Å². The minimum absolute atomic E-state index is 0.0264. The second kappa shape index (κ2) is 9.86. The molecule has 2 aromatic rings. The molecule has 1 aliphatic rings. The van der Waals surface area contributed by atoms with Crippen molar-refractivity contribution in [2.45, 2.75) is 58.1 Å². The minimum atomic E-state index is -0.619. The standard InChI is InChI=1S/C21H27N5O4S/c1-21(2,3)30-20(29)23-9-8-18(27)26(25-19(28)17-5-4-10-31-17)15-6-7-16-14(11-15)12-22-13-24-16/h4-5,10,12-13,15H,6-9,11H2,1-3H3,(H,23,29)(H,25,28). The van der Waals surface area contributed by atoms with Crippen LogP contribution in [0, 0.1) is 0 Å². The van der Waals surface area contributed by atoms with E-state index >= 15 is 0 Å². The number of hydrogen-bond donors (Lipinski definition) is 2. The molecule has 166 valence electrons. The molecule has 2 aromatic heterocycles. The molecule has 2 N–H and O–H groups in total. The molecule has 0 aliphatic heterocycles. The van der Waals surface area contributed by atoms with E-state index in [-0.39, 0.29) is 30.8 Å². The number of amides is 3. The lowest BCUT2D eigenvalue weighted by molar-refractivity contribution is -0.136. The molecular weight excluding hydrogens is 418 g/mol. The summed E-state index contributed by atoms with van der Waals surface area (Å²) in [6.45, 7) is 5.41. The monoisotopic (exact) mass is 445 g/mol. The quantitative estimate of drug-likeness (QED) is 0.684. The van der Waals surface area contributed by atoms with Crippen LogP contribution in [0.1, 0.15) is 54.5 Å². The Morgan fingerprint density at radius 1 is 1.32 bits per heavy atom. The van der Waals surface area contributed by atoms with Crippen molar-refractivity contribution in [2.24, 2.45) is 0 Å². The molecule has 0 fully saturated rings. The van der Waals surface area contributed by atoms with E-state index in [0.29, 0.717) is 24.1 Å². The van der Waals surface area contributed by atoms with Gasteiger partial charge in [-0.05, 0) is 57.0 Å². The highest BCUT2D eigenvalue weighted by Gasteiger charge is 2.30. The second-order valence-electron chi connectivity index (χ2n) is 8.25. The number of thiophene rings is 1. The molecule has 0 spiro atoms. The molecule has 3 amide bonds. The molecule has 31 heavy (non-hydrogen) atoms. The Morgan fingerprint density at radius 3 is 2.84 bits per heavy atom. The molecule has 10 heteroatoms. The number of aromatic nitrogens is 2. The van der Waals surface area contributed by atoms with Gasteiger partial charge in [0, 0.05) is 24.9 Å². The van der Waals surface area contributed by atoms with E-state index in [0.717, 1.165) is 11.3 Å². The summed E-state index contributed by atoms with van der Waals surface area (Å²) in [5.41, 5.74) is 4.08. The molecule has 0 saturated heterocycles. The number of alkyl carbamates (subject to hydrolysis) is 1. The van der Waals surface area contributed by atoms with Gasteiger partial charge in [0.25, 0.3) is 5.91 Å². The zero-order chi connectivity index (χ0) is 22.4. The van der Waals surface area contributed by atoms with E-state index in [1.165, 1.54) is 22.7 Å². The highest BCUT2D eigenvalue weighted by Crippen LogP contribution is 2.22. The normalized spacial score (nSPS) is 15.5. The summed E-state index contributed by atoms with van der Waals surface area (Å²) in [6, 6.07) is 3.26. The van der Waals surface area contributed by atoms with Crippen LogP contribution < -0.4 is 10.7 Å². The smallest absolute Gasteiger partial charge is 0.407 e. The Hall–Kier alpha value is -3.01. The van der Waals surface area contributed by atoms with E-state index in [2.05, 4.69) is 20.7 Å². The van der Waals surface area contributed by atoms with Crippen molar-refractivity contribution in [2.75, 3.05) is 6.54 Å². The lowest BCUT2D eigenvalue weighted by Gasteiger charge is -2.34. The summed E-state index contributed by atoms with van der Waals surface area (Å²) in [6.07, 6.45) is 4.62. The zero-order valence-electron chi connectivity index (χ0n) is 17.9. The van der Waals surface area contributed by atoms with Crippen molar-refractivity contribution >= 4 is 29.2 Å². The fourth-order valence-corrected chi connectivity index (χ4v) is 3.91. The Bertz CT molecular complexity index is 926. The first-order valence-electron chi connectivity index (χ1n) is 10.1. The lowest BCUT2D eigenvalue weighted by atomic mass is 9.92. The third-order valence-electron chi connectivity index (χ3n) is 4.66. The van der Waals surface area contributed by atoms with Crippen molar-refractivity contribution in [1.82, 2.24) is 25.7 Å². The maximum absolute atomic E-state index is 13.0. The van der Waals surface area contributed by atoms with Crippen molar-refractivity contribution < 1.29 is 19.1 Å². The fraction of sp³-hybridized carbons (Fsp3) is 0.476. The van der Waals surface area contributed by atoms with Gasteiger partial charge in [-0.2, -0.15) is 0 Å². The third kappa shape index (κ3) is 6.48. The Balaban J connectivity index is 1.66. The van der Waals surface area contributed by atoms with Crippen LogP contribution in [0.2, 0.25) is 0 Å². The van der Waals surface area contributed by atoms with Crippen LogP contribution in [0.3, 0.4) is 0 Å². The van der Waals surface area contributed by atoms with Gasteiger partial charge in [-0.25, -0.2) is 14.8 Å². The number of ether oxygens (including phenoxy) is 1. The van der Waals surface area contributed by atoms with Crippen LogP contribution >= 0.6 is 11.3 Å². The molecule has 1 atom stereocenters. The number of carbonyl (C=O) groups excluding carboxylic acids is 3. The molecule has 0 saturated carbocycles. The van der Waals surface area contributed by atoms with E-state index in [4.69, 9.17) is 4.74 Å². The molecule has 0 bridgehead atoms. The van der Waals surface area contributed by atoms with Crippen LogP contribution in [-0.2, 0) is 22.4 Å². The number of nitrogens with one attached hydrogen (secondary N) is 2. The summed E-state index contributed by atoms with van der Waals surface area (Å²) < 4.78 is 5.19. The van der Waals surface area contributed by atoms with Crippen molar-refractivity contribution in [1.29, 1.82) is 0 Å². The highest BCUT2D eigenvalue weighted by molar-refractivity contribution is 7.12. The van der Waals surface area contributed by atoms with E-state index in [9.17, 15) is 14.4 Å². The van der Waals surface area contributed by atoms with Crippen molar-refractivity contribution in [3.63, 3.8) is 0 Å². The number of hydrogen-bond acceptors (Lipinski definition) is 7. The Labute approximate surface area is 185 Å². The number of rotatable bonds is 5. The van der Waals surface area contributed by atoms with Crippen LogP contribution in [0.15, 0.2) is 30.0 Å². The van der Waals surface area contributed by atoms with Crippen LogP contribution in [0.4, 0.5) is 4.79 Å². The van der Waals surface area contributed by atoms with Gasteiger partial charge in [-0.1, -0.05) is 6.07 Å². The minimum Gasteiger partial charge on any atom is -0.444 e. The molecule has 1 aliphatic carbocycles. The van der Waals surface area contributed by atoms with Gasteiger partial charge < -0.3 is 10.1 Å². The maximum Gasteiger partial charge on any atom is 0.407 e. The zero-order valence-corrected chi connectivity index (χ0v) is 18.7. The highest BCUT2D eigenvalue weighted by atomic mass is 32.1. The molecule has 9 nitrogen and oxygen atoms in total. The van der Waals surface area contributed by atoms with Gasteiger partial charge in [0.2, 0.25) is 5.91 Å². The summed E-state index contributed by atoms with van der Waals surface area (Å²) >= 11 is 1.30. The summed E-state index contributed by atoms with van der Waals surface area (Å²) in [5.74, 6) is -0.621. The number of hydrazine groups is 1. The number of aryl methyl sites for hydroxylation is 1. The van der Waals surface area contributed by atoms with Gasteiger partial charge in [-0.15, -0.1) is 11.3 Å². The largest absolute Gasteiger partial charge is 0.444 e. The molecule has 0 aromatic carbocycles. The Kier molecular flexibility index (Phi) is 7.21. The summed E-state index contributed by atoms with van der Waals surface area (Å²) in [5, 5.41) is 5.79. The average Bonchev–Trinajstić information content (AvgIpc) is 3.25. The predicted octanol–water partition coefficient (Wildman–Crippen LogP) is 2.48. The predicted molar refractivity (Wildman–Crippen MR) is 115 cm³/mol. The van der Waals surface area contributed by atoms with Gasteiger partial charge >= 0.3 is 6.09 Å². The third-order valence-corrected chi connectivity index (χ3v) is 5.53. The molecule has 2 heterocycles. The number of nitrogens with zero attached hydrogens (tertiary/aromatic N) is 3. The molecule has 3 rings (SSSR count). The first-order valence-corrected chi connectivity index (χ1v) is 11.0. The van der Waals surface area contributed by atoms with Crippen LogP contribution in [0.5, 0.6) is 0 Å². The second-order valence-corrected chi connectivity index (χ2v) is 9.20. The van der Waals surface area contributed by atoms with Crippen LogP contribution in [0.25, 0.3) is 0 Å². The molecule has 1 unspecified atom stereocenters. The summed E-state index contributed by atoms with van der Waals surface area (Å²) in [4.78, 5) is 46.4. The summed E-state index contributed by atoms with van der Waals surface area (Å²) in [7, 11) is 0. The number of fused-ring (bicyclic) bond motifs is 1. The van der Waals surface area contributed by atoms with E-state index < -0.39 is 11.7 Å². The SMILES string of the molecule is CC(C)(C)OC(=O)NCCC(=O)N(NC(=O)c1cccs1)C1CCc2ncncc2C1. The van der Waals surface area contributed by atoms with Gasteiger partial charge in [0.1, 0.15) is 11.9 Å². The number of carbonyl (C=O) groups is 3. The van der Waals surface area contributed by atoms with E-state index in [1.807, 2.05) is 0 Å². The average molecular weight is 446 g/mol. The van der Waals surface area contributed by atoms with Gasteiger partial charge in [0.05, 0.1) is 10.9 Å². The topological polar surface area (TPSA) is 114 Å². The van der Waals surface area contributed by atoms with Crippen molar-refractivity contribution in [3.8, 4) is 0 Å².